The maximum atomic E-state index is 11.2. The van der Waals surface area contributed by atoms with Gasteiger partial charge < -0.3 is 11.1 Å². The van der Waals surface area contributed by atoms with Crippen molar-refractivity contribution in [2.45, 2.75) is 39.7 Å². The van der Waals surface area contributed by atoms with E-state index < -0.39 is 0 Å². The highest BCUT2D eigenvalue weighted by Crippen LogP contribution is 1.93. The van der Waals surface area contributed by atoms with E-state index in [1.807, 2.05) is 13.8 Å². The molecule has 0 aromatic heterocycles. The number of hydrogen-bond acceptors (Lipinski definition) is 2. The Balaban J connectivity index is 4.03. The van der Waals surface area contributed by atoms with Crippen LogP contribution in [-0.4, -0.2) is 24.3 Å². The normalized spacial score (nSPS) is 13.9. The van der Waals surface area contributed by atoms with Gasteiger partial charge >= 0.3 is 0 Å². The van der Waals surface area contributed by atoms with Gasteiger partial charge in [-0.25, -0.2) is 0 Å². The second-order valence-corrected chi connectivity index (χ2v) is 2.94. The third-order valence-electron chi connectivity index (χ3n) is 1.60. The van der Waals surface area contributed by atoms with Crippen LogP contribution in [0.25, 0.3) is 0 Å². The molecule has 0 aliphatic carbocycles. The lowest BCUT2D eigenvalue weighted by Gasteiger charge is -2.07. The van der Waals surface area contributed by atoms with Gasteiger partial charge in [-0.15, -0.1) is 0 Å². The standard InChI is InChI=1S/C9H19N3O/c1-4-6-8(10)12-7(3)9(13)11-5-2/h7H,4-6H2,1-3H3,(H2,10,12)(H,11,13). The Labute approximate surface area is 79.6 Å². The van der Waals surface area contributed by atoms with Crippen molar-refractivity contribution in [3.05, 3.63) is 0 Å². The van der Waals surface area contributed by atoms with Gasteiger partial charge in [0.1, 0.15) is 6.04 Å². The summed E-state index contributed by atoms with van der Waals surface area (Å²) in [6.45, 7) is 6.28. The lowest BCUT2D eigenvalue weighted by Crippen LogP contribution is -2.32. The van der Waals surface area contributed by atoms with Crippen molar-refractivity contribution < 1.29 is 4.79 Å². The summed E-state index contributed by atoms with van der Waals surface area (Å²) in [6.07, 6.45) is 1.71. The molecule has 0 heterocycles. The maximum Gasteiger partial charge on any atom is 0.244 e. The van der Waals surface area contributed by atoms with Crippen molar-refractivity contribution in [1.29, 1.82) is 0 Å². The number of nitrogens with one attached hydrogen (secondary N) is 1. The Morgan fingerprint density at radius 3 is 2.62 bits per heavy atom. The molecule has 1 amide bonds. The largest absolute Gasteiger partial charge is 0.387 e. The van der Waals surface area contributed by atoms with E-state index in [1.165, 1.54) is 0 Å². The van der Waals surface area contributed by atoms with Gasteiger partial charge in [0.15, 0.2) is 0 Å². The molecule has 0 spiro atoms. The van der Waals surface area contributed by atoms with Gasteiger partial charge in [-0.3, -0.25) is 9.79 Å². The number of aliphatic imine (C=N–C) groups is 1. The van der Waals surface area contributed by atoms with Gasteiger partial charge in [-0.05, 0) is 20.3 Å². The van der Waals surface area contributed by atoms with Crippen molar-refractivity contribution >= 4 is 11.7 Å². The molecule has 1 atom stereocenters. The van der Waals surface area contributed by atoms with Crippen LogP contribution in [0.5, 0.6) is 0 Å². The lowest BCUT2D eigenvalue weighted by atomic mass is 10.3. The first kappa shape index (κ1) is 11.9. The smallest absolute Gasteiger partial charge is 0.244 e. The number of carbonyl (C=O) groups excluding carboxylic acids is 1. The van der Waals surface area contributed by atoms with Gasteiger partial charge in [0.2, 0.25) is 5.91 Å². The molecule has 76 valence electrons. The van der Waals surface area contributed by atoms with Gasteiger partial charge in [0, 0.05) is 13.0 Å². The van der Waals surface area contributed by atoms with Crippen molar-refractivity contribution in [3.63, 3.8) is 0 Å². The van der Waals surface area contributed by atoms with Crippen LogP contribution in [0, 0.1) is 0 Å². The van der Waals surface area contributed by atoms with Crippen LogP contribution >= 0.6 is 0 Å². The molecular weight excluding hydrogens is 166 g/mol. The van der Waals surface area contributed by atoms with Crippen LogP contribution < -0.4 is 11.1 Å². The Kier molecular flexibility index (Phi) is 5.93. The third-order valence-corrected chi connectivity index (χ3v) is 1.60. The van der Waals surface area contributed by atoms with Gasteiger partial charge in [-0.2, -0.15) is 0 Å². The van der Waals surface area contributed by atoms with E-state index in [2.05, 4.69) is 10.3 Å². The van der Waals surface area contributed by atoms with E-state index in [4.69, 9.17) is 5.73 Å². The number of amides is 1. The third kappa shape index (κ3) is 5.22. The molecule has 13 heavy (non-hydrogen) atoms. The number of nitrogens with zero attached hydrogens (tertiary/aromatic N) is 1. The average molecular weight is 185 g/mol. The van der Waals surface area contributed by atoms with E-state index in [9.17, 15) is 4.79 Å². The fourth-order valence-electron chi connectivity index (χ4n) is 0.950. The summed E-state index contributed by atoms with van der Waals surface area (Å²) < 4.78 is 0. The molecule has 1 unspecified atom stereocenters. The Morgan fingerprint density at radius 2 is 2.15 bits per heavy atom. The summed E-state index contributed by atoms with van der Waals surface area (Å²) in [6, 6.07) is -0.369. The molecule has 0 saturated heterocycles. The van der Waals surface area contributed by atoms with Crippen LogP contribution in [0.15, 0.2) is 4.99 Å². The number of hydrogen-bond donors (Lipinski definition) is 2. The number of likely N-dealkylation sites (N-methyl/N-ethyl adjacent to an activating group) is 1. The summed E-state index contributed by atoms with van der Waals surface area (Å²) in [7, 11) is 0. The van der Waals surface area contributed by atoms with Crippen molar-refractivity contribution in [2.75, 3.05) is 6.54 Å². The van der Waals surface area contributed by atoms with E-state index >= 15 is 0 Å². The maximum absolute atomic E-state index is 11.2. The molecule has 4 nitrogen and oxygen atoms in total. The second kappa shape index (κ2) is 6.46. The average Bonchev–Trinajstić information content (AvgIpc) is 2.05. The predicted molar refractivity (Wildman–Crippen MR) is 54.7 cm³/mol. The molecular formula is C9H19N3O. The Bertz CT molecular complexity index is 189. The molecule has 0 rings (SSSR count). The Hall–Kier alpha value is -1.06. The first-order valence-electron chi connectivity index (χ1n) is 4.71. The Morgan fingerprint density at radius 1 is 1.54 bits per heavy atom. The summed E-state index contributed by atoms with van der Waals surface area (Å²) in [4.78, 5) is 15.3. The van der Waals surface area contributed by atoms with E-state index in [1.54, 1.807) is 6.92 Å². The van der Waals surface area contributed by atoms with Crippen LogP contribution in [0.1, 0.15) is 33.6 Å². The highest BCUT2D eigenvalue weighted by atomic mass is 16.2. The second-order valence-electron chi connectivity index (χ2n) is 2.94. The van der Waals surface area contributed by atoms with Crippen LogP contribution in [-0.2, 0) is 4.79 Å². The summed E-state index contributed by atoms with van der Waals surface area (Å²) >= 11 is 0. The zero-order chi connectivity index (χ0) is 10.3. The fraction of sp³-hybridized carbons (Fsp3) is 0.778. The molecule has 0 fully saturated rings. The van der Waals surface area contributed by atoms with Gasteiger partial charge in [-0.1, -0.05) is 6.92 Å². The van der Waals surface area contributed by atoms with Gasteiger partial charge in [0.05, 0.1) is 5.84 Å². The number of nitrogens with two attached hydrogens (primary N) is 1. The molecule has 0 aromatic carbocycles. The van der Waals surface area contributed by atoms with Crippen molar-refractivity contribution in [1.82, 2.24) is 5.32 Å². The van der Waals surface area contributed by atoms with E-state index in [0.29, 0.717) is 12.4 Å². The SMILES string of the molecule is CCCC(N)=NC(C)C(=O)NCC. The topological polar surface area (TPSA) is 67.5 Å². The predicted octanol–water partition coefficient (Wildman–Crippen LogP) is 0.668. The minimum atomic E-state index is -0.369. The molecule has 0 saturated carbocycles. The molecule has 0 aromatic rings. The van der Waals surface area contributed by atoms with Crippen molar-refractivity contribution in [2.24, 2.45) is 10.7 Å². The fourth-order valence-corrected chi connectivity index (χ4v) is 0.950. The summed E-state index contributed by atoms with van der Waals surface area (Å²) in [5.41, 5.74) is 5.59. The quantitative estimate of drug-likeness (QED) is 0.488. The minimum Gasteiger partial charge on any atom is -0.387 e. The zero-order valence-electron chi connectivity index (χ0n) is 8.63. The van der Waals surface area contributed by atoms with Crippen LogP contribution in [0.4, 0.5) is 0 Å². The van der Waals surface area contributed by atoms with Gasteiger partial charge in [0.25, 0.3) is 0 Å². The summed E-state index contributed by atoms with van der Waals surface area (Å²) in [5, 5.41) is 2.69. The first-order chi connectivity index (χ1) is 6.11. The first-order valence-corrected chi connectivity index (χ1v) is 4.71. The van der Waals surface area contributed by atoms with Crippen molar-refractivity contribution in [3.8, 4) is 0 Å². The van der Waals surface area contributed by atoms with E-state index in [-0.39, 0.29) is 11.9 Å². The van der Waals surface area contributed by atoms with E-state index in [0.717, 1.165) is 12.8 Å². The highest BCUT2D eigenvalue weighted by Gasteiger charge is 2.09. The molecule has 0 aliphatic rings. The summed E-state index contributed by atoms with van der Waals surface area (Å²) in [5.74, 6) is 0.489. The van der Waals surface area contributed by atoms with Crippen LogP contribution in [0.3, 0.4) is 0 Å². The number of carbonyl (C=O) groups is 1. The molecule has 0 bridgehead atoms. The molecule has 4 heteroatoms. The molecule has 0 radical (unpaired) electrons. The number of rotatable bonds is 5. The molecule has 3 N–H and O–H groups in total. The number of amidine groups is 1. The lowest BCUT2D eigenvalue weighted by molar-refractivity contribution is -0.121. The monoisotopic (exact) mass is 185 g/mol. The minimum absolute atomic E-state index is 0.0680. The highest BCUT2D eigenvalue weighted by molar-refractivity contribution is 5.87. The zero-order valence-corrected chi connectivity index (χ0v) is 8.63. The van der Waals surface area contributed by atoms with Crippen LogP contribution in [0.2, 0.25) is 0 Å². The molecule has 0 aliphatic heterocycles.